The number of carbonyl (C=O) groups excluding carboxylic acids is 1. The Labute approximate surface area is 280 Å². The number of likely N-dealkylation sites (N-methyl/N-ethyl adjacent to an activating group) is 1. The Morgan fingerprint density at radius 2 is 1.56 bits per heavy atom. The molecule has 0 saturated carbocycles. The Morgan fingerprint density at radius 1 is 0.875 bits per heavy atom. The van der Waals surface area contributed by atoms with Gasteiger partial charge in [0.2, 0.25) is 0 Å². The van der Waals surface area contributed by atoms with Crippen molar-refractivity contribution in [1.29, 1.82) is 0 Å². The molecule has 0 aliphatic carbocycles. The van der Waals surface area contributed by atoms with Gasteiger partial charge in [-0.05, 0) is 62.3 Å². The first kappa shape index (κ1) is 31.5. The van der Waals surface area contributed by atoms with E-state index in [9.17, 15) is 9.59 Å². The van der Waals surface area contributed by atoms with Gasteiger partial charge in [-0.2, -0.15) is 0 Å². The normalized spacial score (nSPS) is 14.2. The molecule has 9 heteroatoms. The third kappa shape index (κ3) is 6.65. The second kappa shape index (κ2) is 13.9. The van der Waals surface area contributed by atoms with Gasteiger partial charge in [0.05, 0.1) is 33.5 Å². The summed E-state index contributed by atoms with van der Waals surface area (Å²) in [4.78, 5) is 43.4. The van der Waals surface area contributed by atoms with Crippen LogP contribution in [0.1, 0.15) is 41.7 Å². The number of aromatic nitrogens is 4. The first-order chi connectivity index (χ1) is 23.5. The molecule has 1 aliphatic rings. The smallest absolute Gasteiger partial charge is 0.326 e. The van der Waals surface area contributed by atoms with Gasteiger partial charge in [0.15, 0.2) is 0 Å². The Morgan fingerprint density at radius 3 is 2.31 bits per heavy atom. The number of rotatable bonds is 10. The molecule has 4 aromatic carbocycles. The molecule has 2 N–H and O–H groups in total. The lowest BCUT2D eigenvalue weighted by Gasteiger charge is -2.32. The molecule has 2 aromatic heterocycles. The zero-order valence-corrected chi connectivity index (χ0v) is 27.5. The molecule has 0 radical (unpaired) electrons. The van der Waals surface area contributed by atoms with E-state index in [0.717, 1.165) is 84.6 Å². The Hall–Kier alpha value is -5.12. The van der Waals surface area contributed by atoms with Gasteiger partial charge < -0.3 is 15.2 Å². The van der Waals surface area contributed by atoms with Gasteiger partial charge in [-0.25, -0.2) is 14.8 Å². The predicted octanol–water partition coefficient (Wildman–Crippen LogP) is 6.13. The van der Waals surface area contributed by atoms with E-state index in [1.54, 1.807) is 0 Å². The highest BCUT2D eigenvalue weighted by Gasteiger charge is 2.24. The monoisotopic (exact) mass is 639 g/mol. The van der Waals surface area contributed by atoms with Crippen molar-refractivity contribution in [3.05, 3.63) is 119 Å². The van der Waals surface area contributed by atoms with E-state index in [2.05, 4.69) is 51.3 Å². The average Bonchev–Trinajstić information content (AvgIpc) is 3.47. The summed E-state index contributed by atoms with van der Waals surface area (Å²) < 4.78 is 1.94. The lowest BCUT2D eigenvalue weighted by molar-refractivity contribution is 0.0950. The van der Waals surface area contributed by atoms with Crippen LogP contribution in [0.5, 0.6) is 0 Å². The number of nitrogens with zero attached hydrogens (tertiary/aromatic N) is 5. The van der Waals surface area contributed by atoms with E-state index in [0.29, 0.717) is 17.6 Å². The number of imidazole rings is 1. The van der Waals surface area contributed by atoms with Gasteiger partial charge in [0, 0.05) is 55.5 Å². The highest BCUT2D eigenvalue weighted by atomic mass is 16.2. The molecule has 1 saturated heterocycles. The van der Waals surface area contributed by atoms with E-state index in [1.165, 1.54) is 5.56 Å². The van der Waals surface area contributed by atoms with E-state index < -0.39 is 0 Å². The Balaban J connectivity index is 1.08. The highest BCUT2D eigenvalue weighted by Crippen LogP contribution is 2.32. The fourth-order valence-corrected chi connectivity index (χ4v) is 6.61. The molecule has 0 atom stereocenters. The number of hydrogen-bond donors (Lipinski definition) is 2. The minimum atomic E-state index is -0.111. The van der Waals surface area contributed by atoms with Crippen molar-refractivity contribution in [3.63, 3.8) is 0 Å². The Bertz CT molecular complexity index is 2100. The van der Waals surface area contributed by atoms with Gasteiger partial charge in [0.25, 0.3) is 5.91 Å². The third-order valence-corrected chi connectivity index (χ3v) is 9.47. The summed E-state index contributed by atoms with van der Waals surface area (Å²) in [5.41, 5.74) is 8.66. The molecule has 3 heterocycles. The minimum Gasteiger partial charge on any atom is -0.351 e. The van der Waals surface area contributed by atoms with Gasteiger partial charge in [0.1, 0.15) is 0 Å². The predicted molar refractivity (Wildman–Crippen MR) is 192 cm³/mol. The topological polar surface area (TPSA) is 99.1 Å². The van der Waals surface area contributed by atoms with E-state index in [1.807, 2.05) is 84.4 Å². The van der Waals surface area contributed by atoms with E-state index in [4.69, 9.17) is 9.97 Å². The number of nitrogens with one attached hydrogen (secondary N) is 2. The molecule has 0 spiro atoms. The summed E-state index contributed by atoms with van der Waals surface area (Å²) in [6.07, 6.45) is 1.87. The molecule has 1 aliphatic heterocycles. The molecule has 0 unspecified atom stereocenters. The van der Waals surface area contributed by atoms with Crippen LogP contribution in [-0.4, -0.2) is 75.0 Å². The molecule has 1 amide bonds. The Kier molecular flexibility index (Phi) is 9.14. The van der Waals surface area contributed by atoms with Crippen molar-refractivity contribution < 1.29 is 4.79 Å². The van der Waals surface area contributed by atoms with Crippen molar-refractivity contribution in [2.24, 2.45) is 0 Å². The van der Waals surface area contributed by atoms with Crippen molar-refractivity contribution in [1.82, 2.24) is 34.6 Å². The zero-order valence-electron chi connectivity index (χ0n) is 27.5. The van der Waals surface area contributed by atoms with Crippen LogP contribution in [0.15, 0.2) is 102 Å². The molecule has 7 rings (SSSR count). The van der Waals surface area contributed by atoms with Gasteiger partial charge in [-0.1, -0.05) is 73.7 Å². The summed E-state index contributed by atoms with van der Waals surface area (Å²) in [5.74, 6) is -0.111. The standard InChI is InChI=1S/C39H41N7O2/c1-3-44(2)24-21-40-38(47)30-17-18-32-34(25-30)42-36(28-9-5-4-6-10-28)37(41-32)29-15-13-27(14-16-29)26-45-22-19-31(20-23-45)46-35-12-8-7-11-33(35)43-39(46)48/h4-18,25,31H,3,19-24,26H2,1-2H3,(H,40,47)(H,43,48). The SMILES string of the molecule is CCN(C)CCNC(=O)c1ccc2nc(-c3ccc(CN4CCC(n5c(=O)[nH]c6ccccc65)CC4)cc3)c(-c3ccccc3)nc2c1. The number of benzene rings is 4. The number of likely N-dealkylation sites (tertiary alicyclic amines) is 1. The summed E-state index contributed by atoms with van der Waals surface area (Å²) in [6.45, 7) is 7.13. The number of hydrogen-bond acceptors (Lipinski definition) is 6. The lowest BCUT2D eigenvalue weighted by Crippen LogP contribution is -2.36. The van der Waals surface area contributed by atoms with Crippen LogP contribution in [0, 0.1) is 0 Å². The second-order valence-electron chi connectivity index (χ2n) is 12.7. The fraction of sp³-hybridized carbons (Fsp3) is 0.282. The van der Waals surface area contributed by atoms with Crippen molar-refractivity contribution in [2.45, 2.75) is 32.4 Å². The molecule has 1 fully saturated rings. The highest BCUT2D eigenvalue weighted by molar-refractivity contribution is 5.98. The average molecular weight is 640 g/mol. The van der Waals surface area contributed by atoms with Crippen LogP contribution in [0.25, 0.3) is 44.6 Å². The molecule has 6 aromatic rings. The number of amides is 1. The number of aromatic amines is 1. The molecule has 48 heavy (non-hydrogen) atoms. The minimum absolute atomic E-state index is 0.0196. The summed E-state index contributed by atoms with van der Waals surface area (Å²) in [5, 5.41) is 3.02. The maximum atomic E-state index is 12.9. The number of H-pyrrole nitrogens is 1. The first-order valence-electron chi connectivity index (χ1n) is 16.8. The largest absolute Gasteiger partial charge is 0.351 e. The van der Waals surface area contributed by atoms with Crippen molar-refractivity contribution >= 4 is 28.0 Å². The van der Waals surface area contributed by atoms with Crippen LogP contribution in [0.2, 0.25) is 0 Å². The first-order valence-corrected chi connectivity index (χ1v) is 16.8. The van der Waals surface area contributed by atoms with Crippen LogP contribution >= 0.6 is 0 Å². The maximum Gasteiger partial charge on any atom is 0.326 e. The van der Waals surface area contributed by atoms with Crippen molar-refractivity contribution in [3.8, 4) is 22.5 Å². The van der Waals surface area contributed by atoms with Gasteiger partial charge in [-0.3, -0.25) is 14.3 Å². The van der Waals surface area contributed by atoms with E-state index in [-0.39, 0.29) is 17.6 Å². The molecular formula is C39H41N7O2. The zero-order chi connectivity index (χ0) is 33.0. The van der Waals surface area contributed by atoms with Gasteiger partial charge >= 0.3 is 5.69 Å². The molecule has 9 nitrogen and oxygen atoms in total. The molecule has 244 valence electrons. The second-order valence-corrected chi connectivity index (χ2v) is 12.7. The van der Waals surface area contributed by atoms with Crippen LogP contribution in [-0.2, 0) is 6.54 Å². The number of carbonyl (C=O) groups is 1. The number of fused-ring (bicyclic) bond motifs is 2. The quantitative estimate of drug-likeness (QED) is 0.187. The van der Waals surface area contributed by atoms with Crippen LogP contribution in [0.4, 0.5) is 0 Å². The lowest BCUT2D eigenvalue weighted by atomic mass is 10.0. The fourth-order valence-electron chi connectivity index (χ4n) is 6.61. The van der Waals surface area contributed by atoms with Crippen LogP contribution < -0.4 is 11.0 Å². The summed E-state index contributed by atoms with van der Waals surface area (Å²) in [7, 11) is 2.04. The maximum absolute atomic E-state index is 12.9. The van der Waals surface area contributed by atoms with Gasteiger partial charge in [-0.15, -0.1) is 0 Å². The number of piperidine rings is 1. The molecular weight excluding hydrogens is 598 g/mol. The van der Waals surface area contributed by atoms with Crippen LogP contribution in [0.3, 0.4) is 0 Å². The molecule has 0 bridgehead atoms. The van der Waals surface area contributed by atoms with E-state index >= 15 is 0 Å². The number of para-hydroxylation sites is 2. The summed E-state index contributed by atoms with van der Waals surface area (Å²) in [6, 6.07) is 32.4. The summed E-state index contributed by atoms with van der Waals surface area (Å²) >= 11 is 0. The van der Waals surface area contributed by atoms with Crippen molar-refractivity contribution in [2.75, 3.05) is 39.8 Å². The third-order valence-electron chi connectivity index (χ3n) is 9.47.